The van der Waals surface area contributed by atoms with Crippen LogP contribution >= 0.6 is 0 Å². The molecule has 14 atom stereocenters. The number of fused-ring (bicyclic) bond motifs is 5. The van der Waals surface area contributed by atoms with Crippen molar-refractivity contribution >= 4 is 35.9 Å². The van der Waals surface area contributed by atoms with Gasteiger partial charge in [0.15, 0.2) is 24.6 Å². The van der Waals surface area contributed by atoms with Crippen LogP contribution in [0.1, 0.15) is 109 Å². The Balaban J connectivity index is 1.20. The molecule has 4 fully saturated rings. The van der Waals surface area contributed by atoms with E-state index in [1.165, 1.54) is 52.2 Å². The van der Waals surface area contributed by atoms with Gasteiger partial charge in [-0.25, -0.2) is 9.59 Å². The van der Waals surface area contributed by atoms with Gasteiger partial charge in [-0.1, -0.05) is 55.8 Å². The Bertz CT molecular complexity index is 2160. The second kappa shape index (κ2) is 17.8. The molecule has 1 saturated heterocycles. The summed E-state index contributed by atoms with van der Waals surface area (Å²) in [7, 11) is 0. The molecular formula is C48H59NO15. The third-order valence-electron chi connectivity index (χ3n) is 14.9. The fourth-order valence-electron chi connectivity index (χ4n) is 11.6. The van der Waals surface area contributed by atoms with Crippen LogP contribution in [0.2, 0.25) is 0 Å². The number of aromatic nitrogens is 1. The van der Waals surface area contributed by atoms with Crippen molar-refractivity contribution < 1.29 is 72.5 Å². The predicted octanol–water partition coefficient (Wildman–Crippen LogP) is 4.71. The summed E-state index contributed by atoms with van der Waals surface area (Å²) < 4.78 is 41.6. The molecule has 16 heteroatoms. The van der Waals surface area contributed by atoms with Crippen LogP contribution in [0.15, 0.2) is 72.6 Å². The Kier molecular flexibility index (Phi) is 13.0. The molecule has 16 nitrogen and oxygen atoms in total. The van der Waals surface area contributed by atoms with Crippen molar-refractivity contribution in [3.05, 3.63) is 83.7 Å². The molecule has 0 bridgehead atoms. The SMILES string of the molecule is CC(=O)O[C@@H]1[C@@H](OC(C)=O)[C@H](C)O[C@@H](O[C@H]2CC[C@@]3(C)C(=CC[C@]4(O)[C@@H]3C[C@@H](OC(=O)/C=C/c3ccccc3)[C@@]3(C)[C@]4(O)CC[C@@]3(O)[C@H](C)OC(=O)c3cccnc3)C2)[C@@H]1OC(C)=O. The number of carbonyl (C=O) groups is 5. The highest BCUT2D eigenvalue weighted by Gasteiger charge is 2.81. The van der Waals surface area contributed by atoms with E-state index in [2.05, 4.69) is 4.98 Å². The molecule has 3 saturated carbocycles. The largest absolute Gasteiger partial charge is 0.458 e. The molecule has 64 heavy (non-hydrogen) atoms. The molecule has 0 spiro atoms. The monoisotopic (exact) mass is 889 g/mol. The average molecular weight is 890 g/mol. The molecule has 1 aromatic heterocycles. The van der Waals surface area contributed by atoms with Gasteiger partial charge in [0.2, 0.25) is 0 Å². The Labute approximate surface area is 372 Å². The van der Waals surface area contributed by atoms with E-state index in [1.807, 2.05) is 43.3 Å². The van der Waals surface area contributed by atoms with E-state index >= 15 is 0 Å². The first-order valence-corrected chi connectivity index (χ1v) is 21.9. The van der Waals surface area contributed by atoms with Gasteiger partial charge in [0.25, 0.3) is 0 Å². The van der Waals surface area contributed by atoms with Crippen molar-refractivity contribution in [1.82, 2.24) is 4.98 Å². The van der Waals surface area contributed by atoms with Crippen LogP contribution in [-0.4, -0.2) is 116 Å². The number of benzene rings is 1. The van der Waals surface area contributed by atoms with Gasteiger partial charge < -0.3 is 48.5 Å². The highest BCUT2D eigenvalue weighted by atomic mass is 16.7. The molecule has 2 aromatic rings. The smallest absolute Gasteiger partial charge is 0.340 e. The number of esters is 5. The molecule has 0 radical (unpaired) electrons. The number of hydrogen-bond acceptors (Lipinski definition) is 16. The van der Waals surface area contributed by atoms with E-state index in [0.717, 1.165) is 11.1 Å². The van der Waals surface area contributed by atoms with Gasteiger partial charge in [-0.2, -0.15) is 0 Å². The van der Waals surface area contributed by atoms with Gasteiger partial charge in [-0.15, -0.1) is 0 Å². The minimum atomic E-state index is -2.06. The van der Waals surface area contributed by atoms with Crippen LogP contribution in [0.3, 0.4) is 0 Å². The first kappa shape index (κ1) is 47.0. The molecule has 0 amide bonds. The van der Waals surface area contributed by atoms with E-state index in [4.69, 9.17) is 33.2 Å². The number of rotatable bonds is 11. The standard InChI is InChI=1S/C48H59NO15/c1-27-39(60-29(3)50)40(61-30(4)51)41(62-31(5)52)43(58-27)63-35-18-19-44(6)34(24-35)17-20-47(56)36(44)25-37(64-38(53)16-15-32-12-9-8-10-13-32)45(7)46(55,21-22-48(45,47)57)28(2)59-42(54)33-14-11-23-49-26-33/h8-17,23,26-28,35-37,39-41,43,55-57H,18-22,24-25H2,1-7H3/b16-15+/t27-,28-,35-,36+,37+,39-,40+,41+,43-,44-,45+,46+,47-,48+/m0/s1. The van der Waals surface area contributed by atoms with E-state index in [1.54, 1.807) is 26.0 Å². The van der Waals surface area contributed by atoms with Crippen molar-refractivity contribution in [2.24, 2.45) is 16.7 Å². The summed E-state index contributed by atoms with van der Waals surface area (Å²) in [6, 6.07) is 12.3. The summed E-state index contributed by atoms with van der Waals surface area (Å²) in [5.41, 5.74) is -6.63. The van der Waals surface area contributed by atoms with Crippen molar-refractivity contribution in [2.75, 3.05) is 0 Å². The van der Waals surface area contributed by atoms with Gasteiger partial charge in [-0.3, -0.25) is 19.4 Å². The van der Waals surface area contributed by atoms with E-state index < -0.39 is 112 Å². The molecule has 0 unspecified atom stereocenters. The molecule has 2 heterocycles. The van der Waals surface area contributed by atoms with Crippen LogP contribution < -0.4 is 0 Å². The van der Waals surface area contributed by atoms with Crippen molar-refractivity contribution in [3.8, 4) is 0 Å². The highest BCUT2D eigenvalue weighted by molar-refractivity contribution is 5.89. The van der Waals surface area contributed by atoms with Crippen LogP contribution in [-0.2, 0) is 52.3 Å². The van der Waals surface area contributed by atoms with Gasteiger partial charge in [0, 0.05) is 45.2 Å². The summed E-state index contributed by atoms with van der Waals surface area (Å²) >= 11 is 0. The fourth-order valence-corrected chi connectivity index (χ4v) is 11.6. The fraction of sp³-hybridized carbons (Fsp3) is 0.583. The van der Waals surface area contributed by atoms with E-state index in [0.29, 0.717) is 19.3 Å². The topological polar surface area (TPSA) is 224 Å². The van der Waals surface area contributed by atoms with Gasteiger partial charge in [0.05, 0.1) is 23.2 Å². The lowest BCUT2D eigenvalue weighted by Crippen LogP contribution is -2.78. The summed E-state index contributed by atoms with van der Waals surface area (Å²) in [5, 5.41) is 39.3. The predicted molar refractivity (Wildman–Crippen MR) is 225 cm³/mol. The summed E-state index contributed by atoms with van der Waals surface area (Å²) in [5.74, 6) is -4.21. The van der Waals surface area contributed by atoms with Crippen molar-refractivity contribution in [3.63, 3.8) is 0 Å². The molecule has 4 aliphatic carbocycles. The Morgan fingerprint density at radius 1 is 0.859 bits per heavy atom. The first-order chi connectivity index (χ1) is 30.2. The Morgan fingerprint density at radius 3 is 2.19 bits per heavy atom. The summed E-state index contributed by atoms with van der Waals surface area (Å²) in [6.45, 7) is 10.4. The summed E-state index contributed by atoms with van der Waals surface area (Å²) in [6.07, 6.45) is 0.00612. The molecule has 5 aliphatic rings. The van der Waals surface area contributed by atoms with Crippen LogP contribution in [0.4, 0.5) is 0 Å². The van der Waals surface area contributed by atoms with E-state index in [-0.39, 0.29) is 31.2 Å². The maximum atomic E-state index is 13.8. The Morgan fingerprint density at radius 2 is 1.53 bits per heavy atom. The first-order valence-electron chi connectivity index (χ1n) is 21.9. The number of hydrogen-bond donors (Lipinski definition) is 3. The summed E-state index contributed by atoms with van der Waals surface area (Å²) in [4.78, 5) is 67.9. The molecule has 7 rings (SSSR count). The van der Waals surface area contributed by atoms with Gasteiger partial charge in [-0.05, 0) is 88.0 Å². The number of ether oxygens (including phenoxy) is 7. The van der Waals surface area contributed by atoms with Gasteiger partial charge in [0.1, 0.15) is 29.0 Å². The minimum absolute atomic E-state index is 0.0263. The number of pyridine rings is 1. The lowest BCUT2D eigenvalue weighted by atomic mass is 9.42. The lowest BCUT2D eigenvalue weighted by Gasteiger charge is -2.67. The molecular weight excluding hydrogens is 831 g/mol. The van der Waals surface area contributed by atoms with Crippen molar-refractivity contribution in [1.29, 1.82) is 0 Å². The maximum Gasteiger partial charge on any atom is 0.340 e. The van der Waals surface area contributed by atoms with Crippen molar-refractivity contribution in [2.45, 2.75) is 159 Å². The second-order valence-electron chi connectivity index (χ2n) is 18.4. The number of aliphatic hydroxyl groups is 3. The van der Waals surface area contributed by atoms with Gasteiger partial charge >= 0.3 is 29.8 Å². The normalized spacial score (nSPS) is 38.3. The molecule has 1 aromatic carbocycles. The maximum absolute atomic E-state index is 13.8. The van der Waals surface area contributed by atoms with Crippen LogP contribution in [0.25, 0.3) is 6.08 Å². The zero-order chi connectivity index (χ0) is 46.4. The minimum Gasteiger partial charge on any atom is -0.458 e. The lowest BCUT2D eigenvalue weighted by molar-refractivity contribution is -0.328. The third kappa shape index (κ3) is 8.16. The second-order valence-corrected chi connectivity index (χ2v) is 18.4. The van der Waals surface area contributed by atoms with Crippen LogP contribution in [0.5, 0.6) is 0 Å². The highest BCUT2D eigenvalue weighted by Crippen LogP contribution is 2.71. The number of nitrogens with zero attached hydrogens (tertiary/aromatic N) is 1. The Hall–Kier alpha value is -5.00. The quantitative estimate of drug-likeness (QED) is 0.120. The molecule has 3 N–H and O–H groups in total. The average Bonchev–Trinajstić information content (AvgIpc) is 3.48. The number of carbonyl (C=O) groups excluding carboxylic acids is 5. The zero-order valence-electron chi connectivity index (χ0n) is 37.3. The van der Waals surface area contributed by atoms with Crippen LogP contribution in [0, 0.1) is 16.7 Å². The third-order valence-corrected chi connectivity index (χ3v) is 14.9. The van der Waals surface area contributed by atoms with E-state index in [9.17, 15) is 39.3 Å². The molecule has 346 valence electrons. The molecule has 1 aliphatic heterocycles. The zero-order valence-corrected chi connectivity index (χ0v) is 37.3.